The molecule has 100 valence electrons. The third-order valence-electron chi connectivity index (χ3n) is 2.98. The smallest absolute Gasteiger partial charge is 0.287 e. The number of nitrogens with one attached hydrogen (secondary N) is 1. The van der Waals surface area contributed by atoms with Crippen LogP contribution in [-0.2, 0) is 16.0 Å². The zero-order valence-electron chi connectivity index (χ0n) is 10.4. The molecule has 0 aliphatic heterocycles. The Morgan fingerprint density at radius 2 is 2.32 bits per heavy atom. The van der Waals surface area contributed by atoms with Crippen LogP contribution in [0.2, 0.25) is 0 Å². The minimum Gasteiger partial charge on any atom is -0.455 e. The average Bonchev–Trinajstić information content (AvgIpc) is 2.87. The summed E-state index contributed by atoms with van der Waals surface area (Å²) in [5, 5.41) is 2.54. The molecule has 0 unspecified atom stereocenters. The van der Waals surface area contributed by atoms with E-state index in [0.29, 0.717) is 12.7 Å². The van der Waals surface area contributed by atoms with Crippen molar-refractivity contribution < 1.29 is 18.8 Å². The standard InChI is InChI=1S/C14H15NO4/c16-7-3-5-11(9-17)15-14(18)13-8-10-4-1-2-6-12(10)19-13/h1,4,7-9,11H,2-3,5-6H2,(H,15,18)/t11-/m0/s1. The largest absolute Gasteiger partial charge is 0.455 e. The van der Waals surface area contributed by atoms with Crippen molar-refractivity contribution in [2.75, 3.05) is 0 Å². The second-order valence-electron chi connectivity index (χ2n) is 4.39. The fraction of sp³-hybridized carbons (Fsp3) is 0.357. The van der Waals surface area contributed by atoms with Gasteiger partial charge in [-0.3, -0.25) is 4.79 Å². The van der Waals surface area contributed by atoms with Crippen LogP contribution >= 0.6 is 0 Å². The lowest BCUT2D eigenvalue weighted by molar-refractivity contribution is -0.110. The quantitative estimate of drug-likeness (QED) is 0.787. The number of amides is 1. The summed E-state index contributed by atoms with van der Waals surface area (Å²) in [5.41, 5.74) is 0.909. The monoisotopic (exact) mass is 261 g/mol. The number of carbonyl (C=O) groups is 3. The van der Waals surface area contributed by atoms with Crippen LogP contribution in [-0.4, -0.2) is 24.5 Å². The number of hydrogen-bond donors (Lipinski definition) is 1. The summed E-state index contributed by atoms with van der Waals surface area (Å²) in [6.07, 6.45) is 7.52. The van der Waals surface area contributed by atoms with E-state index in [1.54, 1.807) is 6.07 Å². The number of fused-ring (bicyclic) bond motifs is 1. The second-order valence-corrected chi connectivity index (χ2v) is 4.39. The maximum atomic E-state index is 11.9. The fourth-order valence-electron chi connectivity index (χ4n) is 1.98. The van der Waals surface area contributed by atoms with Crippen LogP contribution in [0.1, 0.15) is 41.1 Å². The SMILES string of the molecule is O=CCC[C@@H](C=O)NC(=O)c1cc2c(o1)CCC=C2. The lowest BCUT2D eigenvalue weighted by Crippen LogP contribution is -2.35. The summed E-state index contributed by atoms with van der Waals surface area (Å²) < 4.78 is 5.47. The Kier molecular flexibility index (Phi) is 4.28. The van der Waals surface area contributed by atoms with E-state index in [0.717, 1.165) is 30.5 Å². The molecular weight excluding hydrogens is 246 g/mol. The molecule has 0 radical (unpaired) electrons. The Balaban J connectivity index is 2.03. The van der Waals surface area contributed by atoms with Crippen LogP contribution in [0.15, 0.2) is 16.6 Å². The lowest BCUT2D eigenvalue weighted by Gasteiger charge is -2.09. The Morgan fingerprint density at radius 1 is 1.47 bits per heavy atom. The normalized spacial score (nSPS) is 14.5. The van der Waals surface area contributed by atoms with Crippen molar-refractivity contribution in [1.82, 2.24) is 5.32 Å². The van der Waals surface area contributed by atoms with Crippen LogP contribution in [0.3, 0.4) is 0 Å². The van der Waals surface area contributed by atoms with E-state index < -0.39 is 11.9 Å². The van der Waals surface area contributed by atoms with Gasteiger partial charge in [0.2, 0.25) is 0 Å². The highest BCUT2D eigenvalue weighted by Crippen LogP contribution is 2.23. The maximum Gasteiger partial charge on any atom is 0.287 e. The summed E-state index contributed by atoms with van der Waals surface area (Å²) >= 11 is 0. The molecule has 1 aliphatic carbocycles. The van der Waals surface area contributed by atoms with Gasteiger partial charge in [0.15, 0.2) is 5.76 Å². The Labute approximate surface area is 110 Å². The van der Waals surface area contributed by atoms with Gasteiger partial charge in [0.25, 0.3) is 5.91 Å². The van der Waals surface area contributed by atoms with Crippen molar-refractivity contribution >= 4 is 24.6 Å². The molecule has 5 heteroatoms. The number of aryl methyl sites for hydroxylation is 1. The van der Waals surface area contributed by atoms with E-state index in [9.17, 15) is 14.4 Å². The highest BCUT2D eigenvalue weighted by Gasteiger charge is 2.19. The van der Waals surface area contributed by atoms with Gasteiger partial charge >= 0.3 is 0 Å². The molecular formula is C14H15NO4. The van der Waals surface area contributed by atoms with Gasteiger partial charge in [-0.25, -0.2) is 0 Å². The molecule has 0 saturated heterocycles. The third-order valence-corrected chi connectivity index (χ3v) is 2.98. The number of carbonyl (C=O) groups excluding carboxylic acids is 3. The van der Waals surface area contributed by atoms with Crippen LogP contribution in [0.4, 0.5) is 0 Å². The molecule has 1 N–H and O–H groups in total. The highest BCUT2D eigenvalue weighted by atomic mass is 16.4. The van der Waals surface area contributed by atoms with Crippen molar-refractivity contribution in [2.45, 2.75) is 31.7 Å². The van der Waals surface area contributed by atoms with Gasteiger partial charge in [0.05, 0.1) is 6.04 Å². The first-order valence-electron chi connectivity index (χ1n) is 6.23. The Morgan fingerprint density at radius 3 is 3.00 bits per heavy atom. The Bertz CT molecular complexity index is 516. The first-order chi connectivity index (χ1) is 9.24. The summed E-state index contributed by atoms with van der Waals surface area (Å²) in [6.45, 7) is 0. The van der Waals surface area contributed by atoms with Crippen molar-refractivity contribution in [3.63, 3.8) is 0 Å². The maximum absolute atomic E-state index is 11.9. The summed E-state index contributed by atoms with van der Waals surface area (Å²) in [6, 6.07) is 1.01. The van der Waals surface area contributed by atoms with E-state index in [2.05, 4.69) is 5.32 Å². The van der Waals surface area contributed by atoms with E-state index >= 15 is 0 Å². The van der Waals surface area contributed by atoms with Crippen LogP contribution in [0.5, 0.6) is 0 Å². The molecule has 1 heterocycles. The van der Waals surface area contributed by atoms with Gasteiger partial charge < -0.3 is 19.3 Å². The predicted octanol–water partition coefficient (Wildman–Crippen LogP) is 1.52. The zero-order chi connectivity index (χ0) is 13.7. The molecule has 0 bridgehead atoms. The topological polar surface area (TPSA) is 76.4 Å². The number of furan rings is 1. The minimum atomic E-state index is -0.657. The van der Waals surface area contributed by atoms with E-state index in [1.165, 1.54) is 0 Å². The van der Waals surface area contributed by atoms with Crippen LogP contribution < -0.4 is 5.32 Å². The van der Waals surface area contributed by atoms with Crippen LogP contribution in [0, 0.1) is 0 Å². The van der Waals surface area contributed by atoms with E-state index in [4.69, 9.17) is 4.42 Å². The molecule has 1 amide bonds. The number of aldehydes is 2. The van der Waals surface area contributed by atoms with Gasteiger partial charge in [-0.2, -0.15) is 0 Å². The van der Waals surface area contributed by atoms with Gasteiger partial charge in [0, 0.05) is 18.4 Å². The highest BCUT2D eigenvalue weighted by molar-refractivity contribution is 5.94. The average molecular weight is 261 g/mol. The Hall–Kier alpha value is -2.17. The third kappa shape index (κ3) is 3.19. The molecule has 2 rings (SSSR count). The fourth-order valence-corrected chi connectivity index (χ4v) is 1.98. The van der Waals surface area contributed by atoms with E-state index in [-0.39, 0.29) is 12.2 Å². The minimum absolute atomic E-state index is 0.203. The molecule has 1 aromatic heterocycles. The molecule has 1 aliphatic rings. The van der Waals surface area contributed by atoms with Crippen molar-refractivity contribution in [2.24, 2.45) is 0 Å². The number of allylic oxidation sites excluding steroid dienone is 1. The van der Waals surface area contributed by atoms with Gasteiger partial charge in [0.1, 0.15) is 18.3 Å². The summed E-state index contributed by atoms with van der Waals surface area (Å²) in [7, 11) is 0. The number of hydrogen-bond acceptors (Lipinski definition) is 4. The van der Waals surface area contributed by atoms with E-state index in [1.807, 2.05) is 12.2 Å². The van der Waals surface area contributed by atoms with Crippen molar-refractivity contribution in [3.8, 4) is 0 Å². The van der Waals surface area contributed by atoms with Crippen molar-refractivity contribution in [3.05, 3.63) is 29.2 Å². The molecule has 0 saturated carbocycles. The van der Waals surface area contributed by atoms with Gasteiger partial charge in [-0.05, 0) is 18.9 Å². The van der Waals surface area contributed by atoms with Gasteiger partial charge in [-0.1, -0.05) is 12.2 Å². The molecule has 0 fully saturated rings. The summed E-state index contributed by atoms with van der Waals surface area (Å²) in [4.78, 5) is 33.0. The second kappa shape index (κ2) is 6.13. The predicted molar refractivity (Wildman–Crippen MR) is 68.7 cm³/mol. The molecule has 19 heavy (non-hydrogen) atoms. The molecule has 1 atom stereocenters. The molecule has 0 aromatic carbocycles. The lowest BCUT2D eigenvalue weighted by atomic mass is 10.1. The van der Waals surface area contributed by atoms with Crippen LogP contribution in [0.25, 0.3) is 6.08 Å². The molecule has 5 nitrogen and oxygen atoms in total. The molecule has 1 aromatic rings. The van der Waals surface area contributed by atoms with Gasteiger partial charge in [-0.15, -0.1) is 0 Å². The first-order valence-corrected chi connectivity index (χ1v) is 6.23. The summed E-state index contributed by atoms with van der Waals surface area (Å²) in [5.74, 6) is 0.573. The first kappa shape index (κ1) is 13.3. The molecule has 0 spiro atoms. The van der Waals surface area contributed by atoms with Crippen molar-refractivity contribution in [1.29, 1.82) is 0 Å². The number of rotatable bonds is 6. The zero-order valence-corrected chi connectivity index (χ0v) is 10.4.